The molecule has 2 amide bonds. The minimum absolute atomic E-state index is 0.0372. The fourth-order valence-corrected chi connectivity index (χ4v) is 4.11. The standard InChI is InChI=1S/C22H28N4O7S/c1-5-23-22(28)16(2)24(14-17-9-7-6-8-10-17)21(27)15-25(34(4,31)32)19-13-18(26(29)30)11-12-20(19)33-3/h6-13,16H,5,14-15H2,1-4H3,(H,23,28)/t16-/m1/s1. The number of carbonyl (C=O) groups is 2. The van der Waals surface area contributed by atoms with Crippen LogP contribution in [0.3, 0.4) is 0 Å². The van der Waals surface area contributed by atoms with Gasteiger partial charge in [0.1, 0.15) is 24.0 Å². The monoisotopic (exact) mass is 492 g/mol. The van der Waals surface area contributed by atoms with Crippen LogP contribution in [0.15, 0.2) is 48.5 Å². The summed E-state index contributed by atoms with van der Waals surface area (Å²) in [6.45, 7) is 3.02. The largest absolute Gasteiger partial charge is 0.495 e. The average Bonchev–Trinajstić information content (AvgIpc) is 2.80. The Morgan fingerprint density at radius 1 is 1.18 bits per heavy atom. The molecule has 34 heavy (non-hydrogen) atoms. The molecular weight excluding hydrogens is 464 g/mol. The molecule has 1 atom stereocenters. The highest BCUT2D eigenvalue weighted by molar-refractivity contribution is 7.92. The molecule has 0 aliphatic rings. The first-order valence-corrected chi connectivity index (χ1v) is 12.3. The number of likely N-dealkylation sites (N-methyl/N-ethyl adjacent to an activating group) is 1. The maximum atomic E-state index is 13.4. The third-order valence-electron chi connectivity index (χ3n) is 5.04. The van der Waals surface area contributed by atoms with Crippen LogP contribution in [0.25, 0.3) is 0 Å². The number of non-ortho nitro benzene ring substituents is 1. The summed E-state index contributed by atoms with van der Waals surface area (Å²) in [6.07, 6.45) is 0.882. The van der Waals surface area contributed by atoms with E-state index in [9.17, 15) is 28.1 Å². The number of ether oxygens (including phenoxy) is 1. The molecule has 2 aromatic carbocycles. The predicted molar refractivity (Wildman–Crippen MR) is 127 cm³/mol. The van der Waals surface area contributed by atoms with Gasteiger partial charge < -0.3 is 15.0 Å². The first-order chi connectivity index (χ1) is 16.0. The SMILES string of the molecule is CCNC(=O)[C@@H](C)N(Cc1ccccc1)C(=O)CN(c1cc([N+](=O)[O-])ccc1OC)S(C)(=O)=O. The highest BCUT2D eigenvalue weighted by Gasteiger charge is 2.31. The summed E-state index contributed by atoms with van der Waals surface area (Å²) in [5, 5.41) is 13.9. The molecule has 0 spiro atoms. The lowest BCUT2D eigenvalue weighted by atomic mass is 10.1. The van der Waals surface area contributed by atoms with Crippen molar-refractivity contribution in [3.8, 4) is 5.75 Å². The van der Waals surface area contributed by atoms with Crippen molar-refractivity contribution in [2.45, 2.75) is 26.4 Å². The van der Waals surface area contributed by atoms with Gasteiger partial charge in [0, 0.05) is 25.2 Å². The van der Waals surface area contributed by atoms with Gasteiger partial charge in [-0.1, -0.05) is 30.3 Å². The number of hydrogen-bond donors (Lipinski definition) is 1. The van der Waals surface area contributed by atoms with Gasteiger partial charge in [-0.05, 0) is 25.5 Å². The molecule has 12 heteroatoms. The maximum Gasteiger partial charge on any atom is 0.271 e. The van der Waals surface area contributed by atoms with Crippen LogP contribution in [0.4, 0.5) is 11.4 Å². The van der Waals surface area contributed by atoms with E-state index in [1.54, 1.807) is 38.1 Å². The van der Waals surface area contributed by atoms with Gasteiger partial charge in [0.05, 0.1) is 18.3 Å². The van der Waals surface area contributed by atoms with Crippen LogP contribution in [0.5, 0.6) is 5.75 Å². The molecule has 1 N–H and O–H groups in total. The lowest BCUT2D eigenvalue weighted by molar-refractivity contribution is -0.384. The first-order valence-electron chi connectivity index (χ1n) is 10.4. The molecule has 2 aromatic rings. The van der Waals surface area contributed by atoms with E-state index in [1.165, 1.54) is 24.1 Å². The Morgan fingerprint density at radius 2 is 1.82 bits per heavy atom. The van der Waals surface area contributed by atoms with Crippen molar-refractivity contribution < 1.29 is 27.7 Å². The quantitative estimate of drug-likeness (QED) is 0.373. The van der Waals surface area contributed by atoms with E-state index in [-0.39, 0.29) is 23.7 Å². The van der Waals surface area contributed by atoms with E-state index in [2.05, 4.69) is 5.32 Å². The van der Waals surface area contributed by atoms with Crippen molar-refractivity contribution in [3.05, 3.63) is 64.2 Å². The number of rotatable bonds is 11. The second-order valence-electron chi connectivity index (χ2n) is 7.46. The van der Waals surface area contributed by atoms with E-state index in [0.29, 0.717) is 6.54 Å². The minimum atomic E-state index is -4.07. The topological polar surface area (TPSA) is 139 Å². The van der Waals surface area contributed by atoms with Crippen LogP contribution < -0.4 is 14.4 Å². The van der Waals surface area contributed by atoms with Crippen molar-refractivity contribution in [1.82, 2.24) is 10.2 Å². The number of amides is 2. The van der Waals surface area contributed by atoms with Crippen LogP contribution in [0, 0.1) is 10.1 Å². The molecule has 0 saturated heterocycles. The molecule has 0 radical (unpaired) electrons. The summed E-state index contributed by atoms with van der Waals surface area (Å²) in [7, 11) is -2.78. The van der Waals surface area contributed by atoms with Gasteiger partial charge in [0.15, 0.2) is 0 Å². The second kappa shape index (κ2) is 11.5. The molecule has 0 unspecified atom stereocenters. The number of sulfonamides is 1. The van der Waals surface area contributed by atoms with Crippen molar-refractivity contribution in [1.29, 1.82) is 0 Å². The summed E-state index contributed by atoms with van der Waals surface area (Å²) < 4.78 is 31.2. The van der Waals surface area contributed by atoms with E-state index in [0.717, 1.165) is 22.2 Å². The van der Waals surface area contributed by atoms with Crippen molar-refractivity contribution in [3.63, 3.8) is 0 Å². The summed E-state index contributed by atoms with van der Waals surface area (Å²) in [4.78, 5) is 37.8. The number of benzene rings is 2. The second-order valence-corrected chi connectivity index (χ2v) is 9.37. The molecule has 0 aliphatic heterocycles. The molecule has 0 saturated carbocycles. The average molecular weight is 493 g/mol. The van der Waals surface area contributed by atoms with Gasteiger partial charge in [-0.15, -0.1) is 0 Å². The third kappa shape index (κ3) is 6.67. The van der Waals surface area contributed by atoms with E-state index in [1.807, 2.05) is 6.07 Å². The van der Waals surface area contributed by atoms with Gasteiger partial charge in [-0.2, -0.15) is 0 Å². The molecule has 0 aromatic heterocycles. The van der Waals surface area contributed by atoms with Crippen LogP contribution in [0.1, 0.15) is 19.4 Å². The number of methoxy groups -OCH3 is 1. The zero-order valence-corrected chi connectivity index (χ0v) is 20.2. The molecule has 0 fully saturated rings. The van der Waals surface area contributed by atoms with Crippen molar-refractivity contribution >= 4 is 33.2 Å². The van der Waals surface area contributed by atoms with Gasteiger partial charge in [-0.25, -0.2) is 8.42 Å². The van der Waals surface area contributed by atoms with Gasteiger partial charge in [-0.3, -0.25) is 24.0 Å². The lowest BCUT2D eigenvalue weighted by Crippen LogP contribution is -2.51. The number of nitro benzene ring substituents is 1. The fraction of sp³-hybridized carbons (Fsp3) is 0.364. The Kier molecular flexibility index (Phi) is 8.96. The fourth-order valence-electron chi connectivity index (χ4n) is 3.27. The van der Waals surface area contributed by atoms with E-state index >= 15 is 0 Å². The van der Waals surface area contributed by atoms with Crippen molar-refractivity contribution in [2.75, 3.05) is 30.8 Å². The summed E-state index contributed by atoms with van der Waals surface area (Å²) in [5.74, 6) is -1.03. The minimum Gasteiger partial charge on any atom is -0.495 e. The van der Waals surface area contributed by atoms with Gasteiger partial charge in [0.2, 0.25) is 21.8 Å². The Bertz CT molecular complexity index is 1140. The third-order valence-corrected chi connectivity index (χ3v) is 6.16. The van der Waals surface area contributed by atoms with Crippen LogP contribution >= 0.6 is 0 Å². The molecule has 0 heterocycles. The van der Waals surface area contributed by atoms with Crippen molar-refractivity contribution in [2.24, 2.45) is 0 Å². The van der Waals surface area contributed by atoms with Gasteiger partial charge >= 0.3 is 0 Å². The summed E-state index contributed by atoms with van der Waals surface area (Å²) >= 11 is 0. The number of nitrogens with one attached hydrogen (secondary N) is 1. The molecule has 0 aliphatic carbocycles. The van der Waals surface area contributed by atoms with E-state index in [4.69, 9.17) is 4.74 Å². The summed E-state index contributed by atoms with van der Waals surface area (Å²) in [5.41, 5.74) is 0.220. The number of nitrogens with zero attached hydrogens (tertiary/aromatic N) is 3. The Labute approximate surface area is 198 Å². The zero-order valence-electron chi connectivity index (χ0n) is 19.4. The molecule has 2 rings (SSSR count). The van der Waals surface area contributed by atoms with Crippen LogP contribution in [-0.4, -0.2) is 62.6 Å². The Balaban J connectivity index is 2.49. The number of hydrogen-bond acceptors (Lipinski definition) is 7. The van der Waals surface area contributed by atoms with Crippen LogP contribution in [-0.2, 0) is 26.2 Å². The highest BCUT2D eigenvalue weighted by atomic mass is 32.2. The number of anilines is 1. The molecule has 0 bridgehead atoms. The van der Waals surface area contributed by atoms with Gasteiger partial charge in [0.25, 0.3) is 5.69 Å². The summed E-state index contributed by atoms with van der Waals surface area (Å²) in [6, 6.07) is 11.5. The van der Waals surface area contributed by atoms with E-state index < -0.39 is 39.3 Å². The molecular formula is C22H28N4O7S. The number of carbonyl (C=O) groups excluding carboxylic acids is 2. The lowest BCUT2D eigenvalue weighted by Gasteiger charge is -2.31. The molecule has 184 valence electrons. The van der Waals surface area contributed by atoms with Crippen LogP contribution in [0.2, 0.25) is 0 Å². The Morgan fingerprint density at radius 3 is 2.35 bits per heavy atom. The normalized spacial score (nSPS) is 11.9. The maximum absolute atomic E-state index is 13.4. The number of nitro groups is 1. The molecule has 11 nitrogen and oxygen atoms in total. The Hall–Kier alpha value is -3.67. The smallest absolute Gasteiger partial charge is 0.271 e. The zero-order chi connectivity index (χ0) is 25.5. The first kappa shape index (κ1) is 26.6. The highest BCUT2D eigenvalue weighted by Crippen LogP contribution is 2.33. The predicted octanol–water partition coefficient (Wildman–Crippen LogP) is 1.92.